The summed E-state index contributed by atoms with van der Waals surface area (Å²) in [4.78, 5) is 27.5. The molecule has 1 aliphatic rings. The van der Waals surface area contributed by atoms with Crippen LogP contribution < -0.4 is 5.56 Å². The maximum Gasteiger partial charge on any atom is 0.270 e. The van der Waals surface area contributed by atoms with Gasteiger partial charge in [-0.25, -0.2) is 0 Å². The van der Waals surface area contributed by atoms with Crippen molar-refractivity contribution in [1.29, 1.82) is 5.26 Å². The summed E-state index contributed by atoms with van der Waals surface area (Å²) in [6, 6.07) is 13.5. The summed E-state index contributed by atoms with van der Waals surface area (Å²) in [5, 5.41) is 21.2. The molecule has 4 rings (SSSR count). The fraction of sp³-hybridized carbons (Fsp3) is 0.320. The number of aliphatic hydroxyl groups is 1. The Bertz CT molecular complexity index is 1270. The number of carbonyl (C=O) groups is 1. The van der Waals surface area contributed by atoms with Crippen LogP contribution in [0, 0.1) is 32.1 Å². The Morgan fingerprint density at radius 2 is 1.84 bits per heavy atom. The normalized spacial score (nSPS) is 13.7. The summed E-state index contributed by atoms with van der Waals surface area (Å²) in [7, 11) is 0. The molecule has 0 saturated carbocycles. The third-order valence-corrected chi connectivity index (χ3v) is 6.26. The van der Waals surface area contributed by atoms with Crippen molar-refractivity contribution in [3.63, 3.8) is 0 Å². The molecule has 32 heavy (non-hydrogen) atoms. The summed E-state index contributed by atoms with van der Waals surface area (Å²) in [5.74, 6) is 0.242. The van der Waals surface area contributed by atoms with Crippen molar-refractivity contribution in [2.75, 3.05) is 19.7 Å². The van der Waals surface area contributed by atoms with Gasteiger partial charge in [-0.2, -0.15) is 5.26 Å². The third kappa shape index (κ3) is 3.74. The SMILES string of the molecule is Cc1cc(C)c(-c2[nH]n(CCO)c(=O)c2C)cc1C(=O)N1CC(c2ccc(C#N)cc2)C1. The number of benzene rings is 2. The van der Waals surface area contributed by atoms with Crippen molar-refractivity contribution >= 4 is 5.91 Å². The lowest BCUT2D eigenvalue weighted by molar-refractivity contribution is 0.0601. The van der Waals surface area contributed by atoms with E-state index in [0.717, 1.165) is 22.3 Å². The molecule has 0 unspecified atom stereocenters. The predicted octanol–water partition coefficient (Wildman–Crippen LogP) is 2.87. The first-order valence-corrected chi connectivity index (χ1v) is 10.6. The maximum atomic E-state index is 13.3. The first-order valence-electron chi connectivity index (χ1n) is 10.6. The monoisotopic (exact) mass is 430 g/mol. The second kappa shape index (κ2) is 8.48. The zero-order valence-electron chi connectivity index (χ0n) is 18.5. The van der Waals surface area contributed by atoms with E-state index < -0.39 is 0 Å². The summed E-state index contributed by atoms with van der Waals surface area (Å²) in [6.45, 7) is 6.97. The summed E-state index contributed by atoms with van der Waals surface area (Å²) in [5.41, 5.74) is 6.13. The third-order valence-electron chi connectivity index (χ3n) is 6.26. The number of rotatable bonds is 5. The van der Waals surface area contributed by atoms with E-state index in [-0.39, 0.29) is 30.5 Å². The van der Waals surface area contributed by atoms with Gasteiger partial charge in [-0.05, 0) is 55.7 Å². The molecule has 7 heteroatoms. The number of aryl methyl sites for hydroxylation is 2. The Morgan fingerprint density at radius 3 is 2.47 bits per heavy atom. The van der Waals surface area contributed by atoms with Crippen molar-refractivity contribution in [3.8, 4) is 17.3 Å². The van der Waals surface area contributed by atoms with Gasteiger partial charge in [-0.1, -0.05) is 18.2 Å². The van der Waals surface area contributed by atoms with E-state index in [2.05, 4.69) is 11.2 Å². The van der Waals surface area contributed by atoms with Crippen LogP contribution in [0.4, 0.5) is 0 Å². The van der Waals surface area contributed by atoms with E-state index in [1.165, 1.54) is 4.68 Å². The van der Waals surface area contributed by atoms with Gasteiger partial charge >= 0.3 is 0 Å². The molecule has 0 aliphatic carbocycles. The highest BCUT2D eigenvalue weighted by atomic mass is 16.3. The van der Waals surface area contributed by atoms with Crippen LogP contribution in [-0.2, 0) is 6.54 Å². The predicted molar refractivity (Wildman–Crippen MR) is 122 cm³/mol. The minimum Gasteiger partial charge on any atom is -0.394 e. The molecule has 164 valence electrons. The molecular formula is C25H26N4O3. The van der Waals surface area contributed by atoms with E-state index >= 15 is 0 Å². The second-order valence-electron chi connectivity index (χ2n) is 8.42. The average molecular weight is 431 g/mol. The highest BCUT2D eigenvalue weighted by Crippen LogP contribution is 2.32. The molecular weight excluding hydrogens is 404 g/mol. The number of aromatic amines is 1. The Balaban J connectivity index is 1.58. The van der Waals surface area contributed by atoms with Crippen LogP contribution in [0.15, 0.2) is 41.2 Å². The number of hydrogen-bond acceptors (Lipinski definition) is 4. The number of amides is 1. The van der Waals surface area contributed by atoms with Crippen LogP contribution in [0.2, 0.25) is 0 Å². The van der Waals surface area contributed by atoms with Crippen molar-refractivity contribution in [1.82, 2.24) is 14.7 Å². The van der Waals surface area contributed by atoms with Gasteiger partial charge in [0, 0.05) is 35.7 Å². The number of nitrogens with zero attached hydrogens (tertiary/aromatic N) is 3. The molecule has 2 heterocycles. The summed E-state index contributed by atoms with van der Waals surface area (Å²) >= 11 is 0. The van der Waals surface area contributed by atoms with Gasteiger partial charge < -0.3 is 10.0 Å². The lowest BCUT2D eigenvalue weighted by Gasteiger charge is -2.40. The average Bonchev–Trinajstić information content (AvgIpc) is 3.02. The first-order chi connectivity index (χ1) is 15.3. The number of likely N-dealkylation sites (tertiary alicyclic amines) is 1. The minimum absolute atomic E-state index is 0.0246. The van der Waals surface area contributed by atoms with Gasteiger partial charge in [0.15, 0.2) is 0 Å². The zero-order valence-corrected chi connectivity index (χ0v) is 18.5. The molecule has 1 saturated heterocycles. The molecule has 2 aromatic carbocycles. The van der Waals surface area contributed by atoms with Crippen molar-refractivity contribution in [2.45, 2.75) is 33.2 Å². The lowest BCUT2D eigenvalue weighted by Crippen LogP contribution is -2.48. The minimum atomic E-state index is -0.171. The topological polar surface area (TPSA) is 102 Å². The van der Waals surface area contributed by atoms with Gasteiger partial charge in [-0.3, -0.25) is 19.4 Å². The molecule has 0 radical (unpaired) electrons. The van der Waals surface area contributed by atoms with Crippen LogP contribution in [-0.4, -0.2) is 45.4 Å². The summed E-state index contributed by atoms with van der Waals surface area (Å²) < 4.78 is 1.39. The Morgan fingerprint density at radius 1 is 1.16 bits per heavy atom. The maximum absolute atomic E-state index is 13.3. The fourth-order valence-electron chi connectivity index (χ4n) is 4.31. The lowest BCUT2D eigenvalue weighted by atomic mass is 9.89. The molecule has 1 amide bonds. The number of carbonyl (C=O) groups excluding carboxylic acids is 1. The molecule has 0 atom stereocenters. The van der Waals surface area contributed by atoms with E-state index in [9.17, 15) is 14.7 Å². The number of hydrogen-bond donors (Lipinski definition) is 2. The Labute approximate surface area is 186 Å². The van der Waals surface area contributed by atoms with Gasteiger partial charge in [0.2, 0.25) is 0 Å². The number of H-pyrrole nitrogens is 1. The van der Waals surface area contributed by atoms with Crippen molar-refractivity contribution in [3.05, 3.63) is 80.1 Å². The molecule has 1 aliphatic heterocycles. The van der Waals surface area contributed by atoms with Crippen LogP contribution >= 0.6 is 0 Å². The van der Waals surface area contributed by atoms with Gasteiger partial charge in [-0.15, -0.1) is 0 Å². The molecule has 1 aromatic heterocycles. The van der Waals surface area contributed by atoms with Gasteiger partial charge in [0.25, 0.3) is 11.5 Å². The van der Waals surface area contributed by atoms with E-state index in [1.807, 2.05) is 55.1 Å². The van der Waals surface area contributed by atoms with Crippen LogP contribution in [0.5, 0.6) is 0 Å². The highest BCUT2D eigenvalue weighted by molar-refractivity contribution is 5.97. The smallest absolute Gasteiger partial charge is 0.270 e. The number of aromatic nitrogens is 2. The standard InChI is InChI=1S/C25H26N4O3/c1-15-10-16(2)22(11-21(15)23-17(3)24(31)29(27-23)8-9-30)25(32)28-13-20(14-28)19-6-4-18(12-26)5-7-19/h4-7,10-11,20,27,30H,8-9,13-14H2,1-3H3. The second-order valence-corrected chi connectivity index (χ2v) is 8.42. The molecule has 3 aromatic rings. The largest absolute Gasteiger partial charge is 0.394 e. The highest BCUT2D eigenvalue weighted by Gasteiger charge is 2.33. The fourth-order valence-corrected chi connectivity index (χ4v) is 4.31. The van der Waals surface area contributed by atoms with Crippen molar-refractivity contribution in [2.24, 2.45) is 0 Å². The molecule has 0 bridgehead atoms. The molecule has 2 N–H and O–H groups in total. The van der Waals surface area contributed by atoms with Crippen LogP contribution in [0.25, 0.3) is 11.3 Å². The Kier molecular flexibility index (Phi) is 5.72. The Hall–Kier alpha value is -3.63. The summed E-state index contributed by atoms with van der Waals surface area (Å²) in [6.07, 6.45) is 0. The number of nitriles is 1. The zero-order chi connectivity index (χ0) is 23.0. The van der Waals surface area contributed by atoms with Crippen LogP contribution in [0.1, 0.15) is 44.1 Å². The van der Waals surface area contributed by atoms with Gasteiger partial charge in [0.1, 0.15) is 0 Å². The molecule has 1 fully saturated rings. The van der Waals surface area contributed by atoms with Crippen molar-refractivity contribution < 1.29 is 9.90 Å². The van der Waals surface area contributed by atoms with E-state index in [0.29, 0.717) is 35.5 Å². The van der Waals surface area contributed by atoms with Crippen LogP contribution in [0.3, 0.4) is 0 Å². The quantitative estimate of drug-likeness (QED) is 0.650. The first kappa shape index (κ1) is 21.6. The van der Waals surface area contributed by atoms with E-state index in [4.69, 9.17) is 5.26 Å². The number of nitrogens with one attached hydrogen (secondary N) is 1. The van der Waals surface area contributed by atoms with E-state index in [1.54, 1.807) is 6.92 Å². The molecule has 7 nitrogen and oxygen atoms in total. The van der Waals surface area contributed by atoms with Gasteiger partial charge in [0.05, 0.1) is 30.5 Å². The number of aliphatic hydroxyl groups excluding tert-OH is 1. The molecule has 0 spiro atoms.